The molecule has 0 bridgehead atoms. The molecule has 0 fully saturated rings. The second-order valence-electron chi connectivity index (χ2n) is 3.98. The highest BCUT2D eigenvalue weighted by Gasteiger charge is 1.99. The molecule has 0 heterocycles. The van der Waals surface area contributed by atoms with E-state index in [0.717, 1.165) is 15.8 Å². The summed E-state index contributed by atoms with van der Waals surface area (Å²) in [4.78, 5) is 10.8. The van der Waals surface area contributed by atoms with Crippen LogP contribution in [0.4, 0.5) is 0 Å². The lowest BCUT2D eigenvalue weighted by Gasteiger charge is -2.07. The summed E-state index contributed by atoms with van der Waals surface area (Å²) in [6, 6.07) is 14.9. The second kappa shape index (κ2) is 6.38. The summed E-state index contributed by atoms with van der Waals surface area (Å²) in [6.45, 7) is 1.85. The highest BCUT2D eigenvalue weighted by atomic mass is 79.9. The molecule has 3 nitrogen and oxygen atoms in total. The molecule has 0 atom stereocenters. The van der Waals surface area contributed by atoms with Gasteiger partial charge < -0.3 is 9.47 Å². The molecule has 0 aliphatic carbocycles. The Morgan fingerprint density at radius 2 is 1.58 bits per heavy atom. The van der Waals surface area contributed by atoms with Crippen LogP contribution in [0.3, 0.4) is 0 Å². The summed E-state index contributed by atoms with van der Waals surface area (Å²) < 4.78 is 11.6. The zero-order valence-electron chi connectivity index (χ0n) is 10.4. The van der Waals surface area contributed by atoms with Crippen LogP contribution in [0.1, 0.15) is 12.5 Å². The highest BCUT2D eigenvalue weighted by molar-refractivity contribution is 9.10. The van der Waals surface area contributed by atoms with Gasteiger partial charge in [0, 0.05) is 11.4 Å². The van der Waals surface area contributed by atoms with E-state index in [1.54, 1.807) is 12.1 Å². The SMILES string of the molecule is CC(=O)Oc1ccc(COc2ccc(Br)cc2)cc1. The minimum Gasteiger partial charge on any atom is -0.489 e. The molecular formula is C15H13BrO3. The van der Waals surface area contributed by atoms with Gasteiger partial charge in [0.1, 0.15) is 18.1 Å². The molecule has 0 N–H and O–H groups in total. The van der Waals surface area contributed by atoms with E-state index >= 15 is 0 Å². The van der Waals surface area contributed by atoms with Crippen molar-refractivity contribution in [3.63, 3.8) is 0 Å². The van der Waals surface area contributed by atoms with E-state index in [1.165, 1.54) is 6.92 Å². The number of halogens is 1. The van der Waals surface area contributed by atoms with Crippen LogP contribution in [0.15, 0.2) is 53.0 Å². The zero-order chi connectivity index (χ0) is 13.7. The van der Waals surface area contributed by atoms with Crippen molar-refractivity contribution in [1.82, 2.24) is 0 Å². The number of hydrogen-bond acceptors (Lipinski definition) is 3. The van der Waals surface area contributed by atoms with Gasteiger partial charge in [-0.2, -0.15) is 0 Å². The van der Waals surface area contributed by atoms with Crippen LogP contribution in [-0.4, -0.2) is 5.97 Å². The Labute approximate surface area is 120 Å². The summed E-state index contributed by atoms with van der Waals surface area (Å²) >= 11 is 3.37. The molecule has 0 aromatic heterocycles. The first kappa shape index (κ1) is 13.6. The van der Waals surface area contributed by atoms with Gasteiger partial charge in [-0.25, -0.2) is 0 Å². The van der Waals surface area contributed by atoms with Crippen LogP contribution >= 0.6 is 15.9 Å². The maximum atomic E-state index is 10.8. The van der Waals surface area contributed by atoms with Crippen LogP contribution in [0.5, 0.6) is 11.5 Å². The monoisotopic (exact) mass is 320 g/mol. The first-order valence-corrected chi connectivity index (χ1v) is 6.58. The smallest absolute Gasteiger partial charge is 0.308 e. The Kier molecular flexibility index (Phi) is 4.58. The van der Waals surface area contributed by atoms with Gasteiger partial charge in [-0.05, 0) is 42.0 Å². The first-order chi connectivity index (χ1) is 9.13. The number of carbonyl (C=O) groups excluding carboxylic acids is 1. The Hall–Kier alpha value is -1.81. The largest absolute Gasteiger partial charge is 0.489 e. The molecule has 0 aliphatic rings. The van der Waals surface area contributed by atoms with Crippen molar-refractivity contribution >= 4 is 21.9 Å². The molecule has 2 rings (SSSR count). The molecule has 2 aromatic rings. The molecule has 4 heteroatoms. The molecule has 0 amide bonds. The van der Waals surface area contributed by atoms with Crippen molar-refractivity contribution in [2.45, 2.75) is 13.5 Å². The van der Waals surface area contributed by atoms with Crippen molar-refractivity contribution in [3.8, 4) is 11.5 Å². The van der Waals surface area contributed by atoms with Gasteiger partial charge in [-0.15, -0.1) is 0 Å². The molecule has 2 aromatic carbocycles. The fourth-order valence-electron chi connectivity index (χ4n) is 1.52. The minimum atomic E-state index is -0.320. The van der Waals surface area contributed by atoms with Gasteiger partial charge in [0.05, 0.1) is 0 Å². The fourth-order valence-corrected chi connectivity index (χ4v) is 1.78. The number of hydrogen-bond donors (Lipinski definition) is 0. The summed E-state index contributed by atoms with van der Waals surface area (Å²) in [6.07, 6.45) is 0. The second-order valence-corrected chi connectivity index (χ2v) is 4.90. The quantitative estimate of drug-likeness (QED) is 0.632. The van der Waals surface area contributed by atoms with E-state index in [0.29, 0.717) is 12.4 Å². The predicted octanol–water partition coefficient (Wildman–Crippen LogP) is 3.95. The summed E-state index contributed by atoms with van der Waals surface area (Å²) in [5.41, 5.74) is 1.01. The minimum absolute atomic E-state index is 0.320. The van der Waals surface area contributed by atoms with Crippen LogP contribution in [0, 0.1) is 0 Å². The lowest BCUT2D eigenvalue weighted by atomic mass is 10.2. The van der Waals surface area contributed by atoms with Gasteiger partial charge in [0.25, 0.3) is 0 Å². The van der Waals surface area contributed by atoms with E-state index in [-0.39, 0.29) is 5.97 Å². The molecule has 0 radical (unpaired) electrons. The van der Waals surface area contributed by atoms with Crippen molar-refractivity contribution in [1.29, 1.82) is 0 Å². The zero-order valence-corrected chi connectivity index (χ0v) is 12.0. The molecular weight excluding hydrogens is 308 g/mol. The van der Waals surface area contributed by atoms with E-state index in [4.69, 9.17) is 9.47 Å². The number of esters is 1. The summed E-state index contributed by atoms with van der Waals surface area (Å²) in [5.74, 6) is 1.03. The topological polar surface area (TPSA) is 35.5 Å². The molecule has 0 aliphatic heterocycles. The lowest BCUT2D eigenvalue weighted by molar-refractivity contribution is -0.131. The summed E-state index contributed by atoms with van der Waals surface area (Å²) in [5, 5.41) is 0. The molecule has 0 saturated carbocycles. The van der Waals surface area contributed by atoms with Crippen LogP contribution in [0.2, 0.25) is 0 Å². The van der Waals surface area contributed by atoms with Crippen molar-refractivity contribution in [2.24, 2.45) is 0 Å². The molecule has 0 unspecified atom stereocenters. The Morgan fingerprint density at radius 1 is 1.00 bits per heavy atom. The number of rotatable bonds is 4. The van der Waals surface area contributed by atoms with Gasteiger partial charge in [0.2, 0.25) is 0 Å². The van der Waals surface area contributed by atoms with Crippen molar-refractivity contribution < 1.29 is 14.3 Å². The standard InChI is InChI=1S/C15H13BrO3/c1-11(17)19-15-6-2-12(3-7-15)10-18-14-8-4-13(16)5-9-14/h2-9H,10H2,1H3. The number of benzene rings is 2. The third-order valence-electron chi connectivity index (χ3n) is 2.40. The van der Waals surface area contributed by atoms with E-state index in [2.05, 4.69) is 15.9 Å². The lowest BCUT2D eigenvalue weighted by Crippen LogP contribution is -2.01. The van der Waals surface area contributed by atoms with Gasteiger partial charge >= 0.3 is 5.97 Å². The third-order valence-corrected chi connectivity index (χ3v) is 2.93. The first-order valence-electron chi connectivity index (χ1n) is 5.79. The Morgan fingerprint density at radius 3 is 2.16 bits per heavy atom. The van der Waals surface area contributed by atoms with Crippen molar-refractivity contribution in [2.75, 3.05) is 0 Å². The third kappa shape index (κ3) is 4.41. The van der Waals surface area contributed by atoms with E-state index in [1.807, 2.05) is 36.4 Å². The molecule has 0 spiro atoms. The normalized spacial score (nSPS) is 10.0. The average Bonchev–Trinajstić information content (AvgIpc) is 2.39. The van der Waals surface area contributed by atoms with Crippen LogP contribution in [0.25, 0.3) is 0 Å². The predicted molar refractivity (Wildman–Crippen MR) is 76.2 cm³/mol. The molecule has 98 valence electrons. The van der Waals surface area contributed by atoms with Gasteiger partial charge in [-0.1, -0.05) is 28.1 Å². The van der Waals surface area contributed by atoms with E-state index < -0.39 is 0 Å². The highest BCUT2D eigenvalue weighted by Crippen LogP contribution is 2.18. The summed E-state index contributed by atoms with van der Waals surface area (Å²) in [7, 11) is 0. The van der Waals surface area contributed by atoms with Gasteiger partial charge in [-0.3, -0.25) is 4.79 Å². The maximum Gasteiger partial charge on any atom is 0.308 e. The van der Waals surface area contributed by atoms with Crippen molar-refractivity contribution in [3.05, 3.63) is 58.6 Å². The van der Waals surface area contributed by atoms with Crippen LogP contribution in [-0.2, 0) is 11.4 Å². The average molecular weight is 321 g/mol. The number of ether oxygens (including phenoxy) is 2. The Bertz CT molecular complexity index is 547. The number of carbonyl (C=O) groups is 1. The molecule has 19 heavy (non-hydrogen) atoms. The molecule has 0 saturated heterocycles. The van der Waals surface area contributed by atoms with Crippen LogP contribution < -0.4 is 9.47 Å². The Balaban J connectivity index is 1.92. The fraction of sp³-hybridized carbons (Fsp3) is 0.133. The van der Waals surface area contributed by atoms with E-state index in [9.17, 15) is 4.79 Å². The van der Waals surface area contributed by atoms with Gasteiger partial charge in [0.15, 0.2) is 0 Å². The maximum absolute atomic E-state index is 10.8.